The van der Waals surface area contributed by atoms with Crippen molar-refractivity contribution in [3.05, 3.63) is 73.1 Å². The number of carbonyl (C=O) groups excluding carboxylic acids is 2. The van der Waals surface area contributed by atoms with Gasteiger partial charge in [-0.3, -0.25) is 9.78 Å². The topological polar surface area (TPSA) is 101 Å². The first-order valence-corrected chi connectivity index (χ1v) is 9.66. The molecule has 3 aromatic rings. The summed E-state index contributed by atoms with van der Waals surface area (Å²) >= 11 is 0. The van der Waals surface area contributed by atoms with E-state index in [0.717, 1.165) is 0 Å². The minimum atomic E-state index is -0.312. The average molecular weight is 406 g/mol. The van der Waals surface area contributed by atoms with Crippen molar-refractivity contribution in [1.29, 1.82) is 0 Å². The van der Waals surface area contributed by atoms with Gasteiger partial charge in [0.1, 0.15) is 0 Å². The Morgan fingerprint density at radius 2 is 1.70 bits per heavy atom. The molecule has 8 nitrogen and oxygen atoms in total. The van der Waals surface area contributed by atoms with Crippen molar-refractivity contribution in [2.75, 3.05) is 10.6 Å². The number of urea groups is 1. The Bertz CT molecular complexity index is 980. The van der Waals surface area contributed by atoms with E-state index in [1.807, 2.05) is 10.8 Å². The molecule has 2 aromatic heterocycles. The van der Waals surface area contributed by atoms with Crippen LogP contribution in [-0.4, -0.2) is 32.5 Å². The monoisotopic (exact) mass is 406 g/mol. The van der Waals surface area contributed by atoms with E-state index in [4.69, 9.17) is 0 Å². The van der Waals surface area contributed by atoms with Gasteiger partial charge in [-0.15, -0.1) is 0 Å². The molecule has 3 rings (SSSR count). The number of aromatic nitrogens is 3. The van der Waals surface area contributed by atoms with Crippen LogP contribution in [0.25, 0.3) is 0 Å². The summed E-state index contributed by atoms with van der Waals surface area (Å²) in [6.07, 6.45) is 8.44. The number of nitrogens with one attached hydrogen (secondary N) is 3. The molecule has 3 amide bonds. The molecule has 0 saturated carbocycles. The van der Waals surface area contributed by atoms with Crippen LogP contribution in [0.1, 0.15) is 31.1 Å². The third-order valence-electron chi connectivity index (χ3n) is 4.62. The van der Waals surface area contributed by atoms with Crippen molar-refractivity contribution in [1.82, 2.24) is 19.9 Å². The van der Waals surface area contributed by atoms with Crippen LogP contribution < -0.4 is 16.0 Å². The molecule has 0 saturated heterocycles. The summed E-state index contributed by atoms with van der Waals surface area (Å²) in [6.45, 7) is 6.83. The Morgan fingerprint density at radius 1 is 1.00 bits per heavy atom. The second-order valence-electron chi connectivity index (χ2n) is 8.05. The fourth-order valence-corrected chi connectivity index (χ4v) is 2.85. The van der Waals surface area contributed by atoms with E-state index in [-0.39, 0.29) is 23.4 Å². The SMILES string of the molecule is CC(C)(C)[C@H](Cn1ccnc1)NC(=O)Nc1cccc(NC(=O)c2ccncc2)c1. The van der Waals surface area contributed by atoms with E-state index in [9.17, 15) is 9.59 Å². The maximum absolute atomic E-state index is 12.6. The zero-order valence-electron chi connectivity index (χ0n) is 17.3. The van der Waals surface area contributed by atoms with Gasteiger partial charge in [-0.05, 0) is 35.7 Å². The smallest absolute Gasteiger partial charge is 0.319 e. The largest absolute Gasteiger partial charge is 0.335 e. The molecule has 0 aliphatic rings. The Kier molecular flexibility index (Phi) is 6.46. The Morgan fingerprint density at radius 3 is 2.33 bits per heavy atom. The van der Waals surface area contributed by atoms with Gasteiger partial charge in [0.2, 0.25) is 0 Å². The number of carbonyl (C=O) groups is 2. The number of imidazole rings is 1. The molecule has 8 heteroatoms. The van der Waals surface area contributed by atoms with E-state index in [1.54, 1.807) is 61.3 Å². The second-order valence-corrected chi connectivity index (χ2v) is 8.05. The van der Waals surface area contributed by atoms with Crippen molar-refractivity contribution in [3.8, 4) is 0 Å². The fraction of sp³-hybridized carbons (Fsp3) is 0.273. The molecule has 1 aromatic carbocycles. The number of amides is 3. The number of benzene rings is 1. The minimum Gasteiger partial charge on any atom is -0.335 e. The van der Waals surface area contributed by atoms with Crippen LogP contribution in [0.2, 0.25) is 0 Å². The van der Waals surface area contributed by atoms with Crippen molar-refractivity contribution < 1.29 is 9.59 Å². The molecule has 1 atom stereocenters. The normalized spacial score (nSPS) is 12.1. The van der Waals surface area contributed by atoms with E-state index < -0.39 is 0 Å². The molecule has 0 fully saturated rings. The van der Waals surface area contributed by atoms with E-state index in [2.05, 4.69) is 46.7 Å². The Balaban J connectivity index is 1.63. The van der Waals surface area contributed by atoms with Gasteiger partial charge in [0.05, 0.1) is 12.4 Å². The highest BCUT2D eigenvalue weighted by atomic mass is 16.2. The van der Waals surface area contributed by atoms with Crippen molar-refractivity contribution in [3.63, 3.8) is 0 Å². The summed E-state index contributed by atoms with van der Waals surface area (Å²) in [5.74, 6) is -0.243. The summed E-state index contributed by atoms with van der Waals surface area (Å²) in [7, 11) is 0. The van der Waals surface area contributed by atoms with Gasteiger partial charge in [-0.25, -0.2) is 9.78 Å². The Labute approximate surface area is 175 Å². The quantitative estimate of drug-likeness (QED) is 0.580. The van der Waals surface area contributed by atoms with Gasteiger partial charge in [0, 0.05) is 48.3 Å². The average Bonchev–Trinajstić information content (AvgIpc) is 3.21. The molecule has 0 unspecified atom stereocenters. The lowest BCUT2D eigenvalue weighted by molar-refractivity contribution is 0.102. The molecule has 0 bridgehead atoms. The highest BCUT2D eigenvalue weighted by Crippen LogP contribution is 2.21. The standard InChI is InChI=1S/C22H26N6O2/c1-22(2,3)19(14-28-12-11-24-15-28)27-21(30)26-18-6-4-5-17(13-18)25-20(29)16-7-9-23-10-8-16/h4-13,15,19H,14H2,1-3H3,(H,25,29)(H2,26,27,30)/t19-/m0/s1. The van der Waals surface area contributed by atoms with Crippen LogP contribution in [0.5, 0.6) is 0 Å². The summed E-state index contributed by atoms with van der Waals surface area (Å²) in [4.78, 5) is 32.9. The number of pyridine rings is 1. The molecule has 30 heavy (non-hydrogen) atoms. The third kappa shape index (κ3) is 5.91. The van der Waals surface area contributed by atoms with Crippen molar-refractivity contribution in [2.45, 2.75) is 33.4 Å². The van der Waals surface area contributed by atoms with Gasteiger partial charge in [-0.1, -0.05) is 26.8 Å². The Hall–Kier alpha value is -3.68. The number of nitrogens with zero attached hydrogens (tertiary/aromatic N) is 3. The summed E-state index contributed by atoms with van der Waals surface area (Å²) in [5.41, 5.74) is 1.52. The highest BCUT2D eigenvalue weighted by molar-refractivity contribution is 6.04. The molecule has 0 aliphatic carbocycles. The van der Waals surface area contributed by atoms with Crippen molar-refractivity contribution >= 4 is 23.3 Å². The fourth-order valence-electron chi connectivity index (χ4n) is 2.85. The third-order valence-corrected chi connectivity index (χ3v) is 4.62. The molecule has 2 heterocycles. The van der Waals surface area contributed by atoms with Gasteiger partial charge >= 0.3 is 6.03 Å². The summed E-state index contributed by atoms with van der Waals surface area (Å²) in [5, 5.41) is 8.70. The van der Waals surface area contributed by atoms with Crippen LogP contribution in [0.15, 0.2) is 67.5 Å². The van der Waals surface area contributed by atoms with Crippen LogP contribution in [0, 0.1) is 5.41 Å². The van der Waals surface area contributed by atoms with Gasteiger partial charge in [-0.2, -0.15) is 0 Å². The first kappa shape index (κ1) is 21.0. The summed E-state index contributed by atoms with van der Waals surface area (Å²) < 4.78 is 1.94. The zero-order chi connectivity index (χ0) is 21.6. The molecule has 0 radical (unpaired) electrons. The lowest BCUT2D eigenvalue weighted by atomic mass is 9.86. The maximum Gasteiger partial charge on any atom is 0.319 e. The van der Waals surface area contributed by atoms with E-state index in [0.29, 0.717) is 23.5 Å². The van der Waals surface area contributed by atoms with E-state index in [1.165, 1.54) is 0 Å². The number of hydrogen-bond acceptors (Lipinski definition) is 4. The first-order chi connectivity index (χ1) is 14.3. The predicted molar refractivity (Wildman–Crippen MR) is 116 cm³/mol. The predicted octanol–water partition coefficient (Wildman–Crippen LogP) is 3.77. The lowest BCUT2D eigenvalue weighted by Gasteiger charge is -2.31. The van der Waals surface area contributed by atoms with Crippen LogP contribution >= 0.6 is 0 Å². The second kappa shape index (κ2) is 9.21. The van der Waals surface area contributed by atoms with Crippen LogP contribution in [0.3, 0.4) is 0 Å². The molecular weight excluding hydrogens is 380 g/mol. The lowest BCUT2D eigenvalue weighted by Crippen LogP contribution is -2.47. The zero-order valence-corrected chi connectivity index (χ0v) is 17.3. The molecule has 0 spiro atoms. The molecule has 156 valence electrons. The van der Waals surface area contributed by atoms with Gasteiger partial charge < -0.3 is 20.5 Å². The molecular formula is C22H26N6O2. The van der Waals surface area contributed by atoms with Crippen molar-refractivity contribution in [2.24, 2.45) is 5.41 Å². The van der Waals surface area contributed by atoms with Gasteiger partial charge in [0.15, 0.2) is 0 Å². The maximum atomic E-state index is 12.6. The highest BCUT2D eigenvalue weighted by Gasteiger charge is 2.26. The number of rotatable bonds is 6. The number of hydrogen-bond donors (Lipinski definition) is 3. The minimum absolute atomic E-state index is 0.110. The van der Waals surface area contributed by atoms with Crippen LogP contribution in [0.4, 0.5) is 16.2 Å². The number of anilines is 2. The summed E-state index contributed by atoms with van der Waals surface area (Å²) in [6, 6.07) is 9.86. The molecule has 0 aliphatic heterocycles. The van der Waals surface area contributed by atoms with Crippen LogP contribution in [-0.2, 0) is 6.54 Å². The molecule has 3 N–H and O–H groups in total. The first-order valence-electron chi connectivity index (χ1n) is 9.66. The van der Waals surface area contributed by atoms with E-state index >= 15 is 0 Å². The van der Waals surface area contributed by atoms with Gasteiger partial charge in [0.25, 0.3) is 5.91 Å².